The minimum absolute atomic E-state index is 0.460. The van der Waals surface area contributed by atoms with Crippen LogP contribution in [0.1, 0.15) is 0 Å². The lowest BCUT2D eigenvalue weighted by Gasteiger charge is -2.22. The van der Waals surface area contributed by atoms with Gasteiger partial charge in [0.15, 0.2) is 34.5 Å². The van der Waals surface area contributed by atoms with E-state index >= 15 is 0 Å². The summed E-state index contributed by atoms with van der Waals surface area (Å²) in [4.78, 5) is 0. The zero-order chi connectivity index (χ0) is 26.2. The van der Waals surface area contributed by atoms with Crippen LogP contribution in [0.3, 0.4) is 0 Å². The zero-order valence-corrected chi connectivity index (χ0v) is 21.7. The highest BCUT2D eigenvalue weighted by Crippen LogP contribution is 2.48. The van der Waals surface area contributed by atoms with Gasteiger partial charge in [-0.25, -0.2) is 0 Å². The van der Waals surface area contributed by atoms with Crippen LogP contribution in [-0.4, -0.2) is 56.9 Å². The van der Waals surface area contributed by atoms with Gasteiger partial charge in [-0.15, -0.1) is 0 Å². The van der Waals surface area contributed by atoms with Crippen molar-refractivity contribution in [3.63, 3.8) is 0 Å². The van der Waals surface area contributed by atoms with Gasteiger partial charge in [-0.2, -0.15) is 0 Å². The lowest BCUT2D eigenvalue weighted by molar-refractivity contribution is 0.325. The predicted octanol–water partition coefficient (Wildman–Crippen LogP) is 5.24. The van der Waals surface area contributed by atoms with E-state index in [0.717, 1.165) is 0 Å². The third-order valence-electron chi connectivity index (χ3n) is 5.47. The molecule has 3 aromatic carbocycles. The highest BCUT2D eigenvalue weighted by atomic mass is 16.5. The second kappa shape index (κ2) is 11.9. The SMILES string of the molecule is COc1cc(Nc2ccc(OC)c(OC)c2OC)c(Nc2ccc(OC)c(OC)c2OC)cc1OC. The van der Waals surface area contributed by atoms with Crippen molar-refractivity contribution in [1.82, 2.24) is 0 Å². The van der Waals surface area contributed by atoms with Gasteiger partial charge in [-0.3, -0.25) is 0 Å². The number of benzene rings is 3. The van der Waals surface area contributed by atoms with Gasteiger partial charge in [0.05, 0.1) is 79.6 Å². The van der Waals surface area contributed by atoms with Crippen molar-refractivity contribution in [3.05, 3.63) is 36.4 Å². The molecule has 0 atom stereocenters. The van der Waals surface area contributed by atoms with E-state index in [1.807, 2.05) is 24.3 Å². The number of nitrogens with one attached hydrogen (secondary N) is 2. The van der Waals surface area contributed by atoms with Crippen LogP contribution >= 0.6 is 0 Å². The van der Waals surface area contributed by atoms with Crippen molar-refractivity contribution >= 4 is 22.7 Å². The van der Waals surface area contributed by atoms with E-state index in [1.54, 1.807) is 69.0 Å². The summed E-state index contributed by atoms with van der Waals surface area (Å²) >= 11 is 0. The van der Waals surface area contributed by atoms with Crippen LogP contribution in [-0.2, 0) is 0 Å². The van der Waals surface area contributed by atoms with E-state index in [9.17, 15) is 0 Å². The predicted molar refractivity (Wildman–Crippen MR) is 138 cm³/mol. The molecule has 10 heteroatoms. The van der Waals surface area contributed by atoms with E-state index in [1.165, 1.54) is 0 Å². The van der Waals surface area contributed by atoms with Gasteiger partial charge in [-0.1, -0.05) is 0 Å². The monoisotopic (exact) mass is 500 g/mol. The first-order chi connectivity index (χ1) is 17.5. The average molecular weight is 501 g/mol. The molecule has 0 heterocycles. The summed E-state index contributed by atoms with van der Waals surface area (Å²) in [5.74, 6) is 4.01. The lowest BCUT2D eigenvalue weighted by atomic mass is 10.1. The summed E-state index contributed by atoms with van der Waals surface area (Å²) in [5.41, 5.74) is 2.61. The third kappa shape index (κ3) is 5.02. The average Bonchev–Trinajstić information content (AvgIpc) is 2.92. The molecule has 194 valence electrons. The third-order valence-corrected chi connectivity index (χ3v) is 5.47. The smallest absolute Gasteiger partial charge is 0.205 e. The van der Waals surface area contributed by atoms with Crippen molar-refractivity contribution < 1.29 is 37.9 Å². The topological polar surface area (TPSA) is 97.9 Å². The maximum absolute atomic E-state index is 5.64. The Labute approximate surface area is 210 Å². The van der Waals surface area contributed by atoms with E-state index in [-0.39, 0.29) is 0 Å². The Morgan fingerprint density at radius 2 is 0.694 bits per heavy atom. The second-order valence-corrected chi connectivity index (χ2v) is 7.27. The molecule has 0 saturated heterocycles. The molecule has 3 rings (SSSR count). The fourth-order valence-electron chi connectivity index (χ4n) is 3.78. The van der Waals surface area contributed by atoms with Crippen LogP contribution in [0, 0.1) is 0 Å². The summed E-state index contributed by atoms with van der Waals surface area (Å²) in [6.45, 7) is 0. The molecule has 0 bridgehead atoms. The number of methoxy groups -OCH3 is 8. The van der Waals surface area contributed by atoms with Crippen LogP contribution in [0.4, 0.5) is 22.7 Å². The van der Waals surface area contributed by atoms with Gasteiger partial charge in [0.25, 0.3) is 0 Å². The molecular formula is C26H32N2O8. The van der Waals surface area contributed by atoms with Gasteiger partial charge < -0.3 is 48.5 Å². The molecule has 36 heavy (non-hydrogen) atoms. The molecular weight excluding hydrogens is 468 g/mol. The number of hydrogen-bond donors (Lipinski definition) is 2. The summed E-state index contributed by atoms with van der Waals surface area (Å²) in [5, 5.41) is 6.80. The largest absolute Gasteiger partial charge is 0.493 e. The molecule has 2 N–H and O–H groups in total. The second-order valence-electron chi connectivity index (χ2n) is 7.27. The molecule has 0 fully saturated rings. The molecule has 0 aromatic heterocycles. The zero-order valence-electron chi connectivity index (χ0n) is 21.7. The first-order valence-corrected chi connectivity index (χ1v) is 10.9. The maximum Gasteiger partial charge on any atom is 0.205 e. The van der Waals surface area contributed by atoms with E-state index < -0.39 is 0 Å². The normalized spacial score (nSPS) is 10.2. The Bertz CT molecular complexity index is 1110. The summed E-state index contributed by atoms with van der Waals surface area (Å²) in [6, 6.07) is 10.9. The van der Waals surface area contributed by atoms with Crippen LogP contribution in [0.5, 0.6) is 46.0 Å². The van der Waals surface area contributed by atoms with E-state index in [4.69, 9.17) is 37.9 Å². The molecule has 0 aliphatic rings. The van der Waals surface area contributed by atoms with Gasteiger partial charge >= 0.3 is 0 Å². The number of hydrogen-bond acceptors (Lipinski definition) is 10. The number of rotatable bonds is 12. The molecule has 3 aromatic rings. The Kier molecular flexibility index (Phi) is 8.66. The van der Waals surface area contributed by atoms with Gasteiger partial charge in [0, 0.05) is 12.1 Å². The Balaban J connectivity index is 2.16. The van der Waals surface area contributed by atoms with E-state index in [2.05, 4.69) is 10.6 Å². The maximum atomic E-state index is 5.64. The quantitative estimate of drug-likeness (QED) is 0.343. The summed E-state index contributed by atoms with van der Waals surface area (Å²) < 4.78 is 44.2. The summed E-state index contributed by atoms with van der Waals surface area (Å²) in [7, 11) is 12.5. The van der Waals surface area contributed by atoms with Crippen LogP contribution in [0.15, 0.2) is 36.4 Å². The van der Waals surface area contributed by atoms with Crippen molar-refractivity contribution in [1.29, 1.82) is 0 Å². The molecule has 0 saturated carbocycles. The highest BCUT2D eigenvalue weighted by Gasteiger charge is 2.21. The Morgan fingerprint density at radius 3 is 0.972 bits per heavy atom. The Hall–Kier alpha value is -4.34. The molecule has 0 unspecified atom stereocenters. The molecule has 0 spiro atoms. The van der Waals surface area contributed by atoms with Crippen molar-refractivity contribution in [2.24, 2.45) is 0 Å². The first-order valence-electron chi connectivity index (χ1n) is 10.9. The fraction of sp³-hybridized carbons (Fsp3) is 0.308. The van der Waals surface area contributed by atoms with Crippen LogP contribution in [0.25, 0.3) is 0 Å². The van der Waals surface area contributed by atoms with Gasteiger partial charge in [-0.05, 0) is 24.3 Å². The fourth-order valence-corrected chi connectivity index (χ4v) is 3.78. The summed E-state index contributed by atoms with van der Waals surface area (Å²) in [6.07, 6.45) is 0. The first kappa shape index (κ1) is 26.3. The number of anilines is 4. The lowest BCUT2D eigenvalue weighted by Crippen LogP contribution is -2.04. The molecule has 10 nitrogen and oxygen atoms in total. The van der Waals surface area contributed by atoms with E-state index in [0.29, 0.717) is 68.7 Å². The van der Waals surface area contributed by atoms with Gasteiger partial charge in [0.2, 0.25) is 11.5 Å². The minimum atomic E-state index is 0.460. The molecule has 0 aliphatic heterocycles. The van der Waals surface area contributed by atoms with Crippen molar-refractivity contribution in [2.45, 2.75) is 0 Å². The highest BCUT2D eigenvalue weighted by molar-refractivity contribution is 5.86. The van der Waals surface area contributed by atoms with Gasteiger partial charge in [0.1, 0.15) is 0 Å². The van der Waals surface area contributed by atoms with Crippen LogP contribution < -0.4 is 48.5 Å². The minimum Gasteiger partial charge on any atom is -0.493 e. The molecule has 0 amide bonds. The number of ether oxygens (including phenoxy) is 8. The molecule has 0 radical (unpaired) electrons. The van der Waals surface area contributed by atoms with Crippen LogP contribution in [0.2, 0.25) is 0 Å². The van der Waals surface area contributed by atoms with Crippen molar-refractivity contribution in [3.8, 4) is 46.0 Å². The standard InChI is InChI=1S/C26H32N2O8/c1-29-19-11-9-15(23(33-5)25(19)35-7)27-17-13-21(31-3)22(32-4)14-18(17)28-16-10-12-20(30-2)26(36-8)24(16)34-6/h9-14,27-28H,1-8H3. The van der Waals surface area contributed by atoms with Crippen molar-refractivity contribution in [2.75, 3.05) is 67.5 Å². The molecule has 0 aliphatic carbocycles. The Morgan fingerprint density at radius 1 is 0.361 bits per heavy atom.